The Morgan fingerprint density at radius 1 is 1.33 bits per heavy atom. The molecule has 2 aromatic heterocycles. The normalized spacial score (nSPS) is 15.6. The summed E-state index contributed by atoms with van der Waals surface area (Å²) >= 11 is 3.55. The van der Waals surface area contributed by atoms with Crippen molar-refractivity contribution in [2.75, 3.05) is 7.11 Å². The van der Waals surface area contributed by atoms with Crippen molar-refractivity contribution in [2.45, 2.75) is 24.9 Å². The summed E-state index contributed by atoms with van der Waals surface area (Å²) in [6.45, 7) is 0. The van der Waals surface area contributed by atoms with Gasteiger partial charge in [-0.15, -0.1) is 0 Å². The Labute approximate surface area is 148 Å². The summed E-state index contributed by atoms with van der Waals surface area (Å²) in [5.41, 5.74) is 3.04. The van der Waals surface area contributed by atoms with Crippen molar-refractivity contribution in [1.82, 2.24) is 19.9 Å². The van der Waals surface area contributed by atoms with Gasteiger partial charge in [0.05, 0.1) is 6.20 Å². The van der Waals surface area contributed by atoms with E-state index < -0.39 is 6.10 Å². The molecule has 1 aromatic carbocycles. The van der Waals surface area contributed by atoms with Gasteiger partial charge >= 0.3 is 0 Å². The molecule has 1 unspecified atom stereocenters. The molecule has 3 aromatic rings. The number of nitrogens with zero attached hydrogens (tertiary/aromatic N) is 4. The first-order chi connectivity index (χ1) is 11.7. The van der Waals surface area contributed by atoms with E-state index in [-0.39, 0.29) is 0 Å². The minimum Gasteiger partial charge on any atom is -0.369 e. The van der Waals surface area contributed by atoms with Crippen LogP contribution in [0.2, 0.25) is 0 Å². The number of aryl methyl sites for hydroxylation is 1. The molecule has 0 bridgehead atoms. The van der Waals surface area contributed by atoms with E-state index in [9.17, 15) is 0 Å². The highest BCUT2D eigenvalue weighted by molar-refractivity contribution is 9.10. The van der Waals surface area contributed by atoms with Crippen molar-refractivity contribution in [3.8, 4) is 11.6 Å². The first-order valence-electron chi connectivity index (χ1n) is 7.82. The SMILES string of the molecule is COC(c1noc(-c2c(C3CC3)cnn2C)n1)c1ccccc1Br. The Bertz CT molecular complexity index is 869. The maximum absolute atomic E-state index is 5.62. The van der Waals surface area contributed by atoms with Gasteiger partial charge in [0.2, 0.25) is 5.82 Å². The fraction of sp³-hybridized carbons (Fsp3) is 0.353. The van der Waals surface area contributed by atoms with Crippen molar-refractivity contribution >= 4 is 15.9 Å². The molecule has 0 amide bonds. The van der Waals surface area contributed by atoms with Crippen molar-refractivity contribution in [1.29, 1.82) is 0 Å². The van der Waals surface area contributed by atoms with E-state index in [2.05, 4.69) is 31.2 Å². The third-order valence-corrected chi connectivity index (χ3v) is 5.01. The smallest absolute Gasteiger partial charge is 0.276 e. The number of benzene rings is 1. The highest BCUT2D eigenvalue weighted by Crippen LogP contribution is 2.44. The minimum atomic E-state index is -0.393. The molecular formula is C17H17BrN4O2. The average molecular weight is 389 g/mol. The van der Waals surface area contributed by atoms with E-state index in [4.69, 9.17) is 9.26 Å². The zero-order valence-electron chi connectivity index (χ0n) is 13.4. The van der Waals surface area contributed by atoms with E-state index in [1.54, 1.807) is 11.8 Å². The number of halogens is 1. The van der Waals surface area contributed by atoms with Gasteiger partial charge in [0.15, 0.2) is 0 Å². The Morgan fingerprint density at radius 3 is 2.83 bits per heavy atom. The monoisotopic (exact) mass is 388 g/mol. The van der Waals surface area contributed by atoms with Crippen LogP contribution in [0.3, 0.4) is 0 Å². The van der Waals surface area contributed by atoms with Gasteiger partial charge < -0.3 is 9.26 Å². The number of rotatable bonds is 5. The van der Waals surface area contributed by atoms with Gasteiger partial charge in [0.25, 0.3) is 5.89 Å². The zero-order valence-corrected chi connectivity index (χ0v) is 15.0. The molecule has 7 heteroatoms. The second-order valence-corrected chi connectivity index (χ2v) is 6.80. The van der Waals surface area contributed by atoms with Crippen LogP contribution < -0.4 is 0 Å². The van der Waals surface area contributed by atoms with Gasteiger partial charge in [-0.1, -0.05) is 39.3 Å². The van der Waals surface area contributed by atoms with Gasteiger partial charge in [0, 0.05) is 29.8 Å². The van der Waals surface area contributed by atoms with Gasteiger partial charge in [-0.2, -0.15) is 10.1 Å². The molecule has 124 valence electrons. The maximum atomic E-state index is 5.62. The molecule has 24 heavy (non-hydrogen) atoms. The molecule has 0 saturated heterocycles. The quantitative estimate of drug-likeness (QED) is 0.663. The lowest BCUT2D eigenvalue weighted by atomic mass is 10.1. The minimum absolute atomic E-state index is 0.393. The Kier molecular flexibility index (Phi) is 3.97. The largest absolute Gasteiger partial charge is 0.369 e. The number of ether oxygens (including phenoxy) is 1. The Balaban J connectivity index is 1.72. The van der Waals surface area contributed by atoms with Crippen LogP contribution in [-0.2, 0) is 11.8 Å². The van der Waals surface area contributed by atoms with Crippen LogP contribution in [0.15, 0.2) is 39.5 Å². The van der Waals surface area contributed by atoms with Crippen molar-refractivity contribution in [2.24, 2.45) is 7.05 Å². The average Bonchev–Trinajstić information content (AvgIpc) is 3.20. The molecule has 0 aliphatic heterocycles. The number of hydrogen-bond acceptors (Lipinski definition) is 5. The van der Waals surface area contributed by atoms with Crippen LogP contribution >= 0.6 is 15.9 Å². The van der Waals surface area contributed by atoms with Crippen LogP contribution in [0.5, 0.6) is 0 Å². The molecular weight excluding hydrogens is 372 g/mol. The summed E-state index contributed by atoms with van der Waals surface area (Å²) in [5.74, 6) is 1.55. The van der Waals surface area contributed by atoms with Crippen LogP contribution in [0, 0.1) is 0 Å². The molecule has 1 atom stereocenters. The van der Waals surface area contributed by atoms with Crippen LogP contribution in [0.25, 0.3) is 11.6 Å². The number of hydrogen-bond donors (Lipinski definition) is 0. The van der Waals surface area contributed by atoms with Gasteiger partial charge in [0.1, 0.15) is 11.8 Å². The fourth-order valence-corrected chi connectivity index (χ4v) is 3.40. The summed E-state index contributed by atoms with van der Waals surface area (Å²) in [6, 6.07) is 7.86. The first-order valence-corrected chi connectivity index (χ1v) is 8.61. The molecule has 1 aliphatic carbocycles. The molecule has 1 aliphatic rings. The summed E-state index contributed by atoms with van der Waals surface area (Å²) in [6.07, 6.45) is 3.89. The topological polar surface area (TPSA) is 66.0 Å². The predicted octanol–water partition coefficient (Wildman–Crippen LogP) is 3.85. The lowest BCUT2D eigenvalue weighted by Gasteiger charge is -2.13. The second kappa shape index (κ2) is 6.14. The molecule has 1 fully saturated rings. The summed E-state index contributed by atoms with van der Waals surface area (Å²) in [7, 11) is 3.53. The van der Waals surface area contributed by atoms with Crippen molar-refractivity contribution in [3.63, 3.8) is 0 Å². The summed E-state index contributed by atoms with van der Waals surface area (Å²) in [5, 5.41) is 8.50. The van der Waals surface area contributed by atoms with Crippen LogP contribution in [0.4, 0.5) is 0 Å². The van der Waals surface area contributed by atoms with Gasteiger partial charge in [-0.25, -0.2) is 0 Å². The standard InChI is InChI=1S/C17H17BrN4O2/c1-22-14(12(9-19-22)10-7-8-10)17-20-16(21-24-17)15(23-2)11-5-3-4-6-13(11)18/h3-6,9-10,15H,7-8H2,1-2H3. The van der Waals surface area contributed by atoms with E-state index in [0.717, 1.165) is 15.7 Å². The van der Waals surface area contributed by atoms with Gasteiger partial charge in [-0.05, 0) is 24.8 Å². The molecule has 0 spiro atoms. The molecule has 1 saturated carbocycles. The first kappa shape index (κ1) is 15.5. The fourth-order valence-electron chi connectivity index (χ4n) is 2.91. The summed E-state index contributed by atoms with van der Waals surface area (Å²) < 4.78 is 13.9. The maximum Gasteiger partial charge on any atom is 0.276 e. The highest BCUT2D eigenvalue weighted by atomic mass is 79.9. The van der Waals surface area contributed by atoms with Crippen molar-refractivity contribution in [3.05, 3.63) is 51.9 Å². The lowest BCUT2D eigenvalue weighted by molar-refractivity contribution is 0.126. The highest BCUT2D eigenvalue weighted by Gasteiger charge is 2.31. The number of methoxy groups -OCH3 is 1. The number of aromatic nitrogens is 4. The van der Waals surface area contributed by atoms with Crippen LogP contribution in [-0.4, -0.2) is 27.0 Å². The zero-order chi connectivity index (χ0) is 16.7. The molecule has 4 rings (SSSR count). The Morgan fingerprint density at radius 2 is 2.12 bits per heavy atom. The van der Waals surface area contributed by atoms with E-state index >= 15 is 0 Å². The van der Waals surface area contributed by atoms with E-state index in [1.165, 1.54) is 18.4 Å². The molecule has 6 nitrogen and oxygen atoms in total. The van der Waals surface area contributed by atoms with E-state index in [0.29, 0.717) is 17.6 Å². The van der Waals surface area contributed by atoms with Gasteiger partial charge in [-0.3, -0.25) is 4.68 Å². The second-order valence-electron chi connectivity index (χ2n) is 5.94. The molecule has 2 heterocycles. The van der Waals surface area contributed by atoms with Crippen LogP contribution in [0.1, 0.15) is 41.8 Å². The third-order valence-electron chi connectivity index (χ3n) is 4.29. The molecule has 0 N–H and O–H groups in total. The Hall–Kier alpha value is -1.99. The third kappa shape index (κ3) is 2.67. The van der Waals surface area contributed by atoms with Crippen molar-refractivity contribution < 1.29 is 9.26 Å². The van der Waals surface area contributed by atoms with E-state index in [1.807, 2.05) is 37.5 Å². The predicted molar refractivity (Wildman–Crippen MR) is 91.5 cm³/mol. The molecule has 0 radical (unpaired) electrons. The lowest BCUT2D eigenvalue weighted by Crippen LogP contribution is -2.06. The summed E-state index contributed by atoms with van der Waals surface area (Å²) in [4.78, 5) is 4.59.